The molecule has 1 aliphatic rings. The third-order valence-corrected chi connectivity index (χ3v) is 4.77. The number of imide groups is 1. The lowest BCUT2D eigenvalue weighted by Gasteiger charge is -2.13. The van der Waals surface area contributed by atoms with Crippen LogP contribution < -0.4 is 20.7 Å². The molecule has 9 nitrogen and oxygen atoms in total. The van der Waals surface area contributed by atoms with E-state index in [1.807, 2.05) is 6.92 Å². The second kappa shape index (κ2) is 9.75. The maximum atomic E-state index is 12.5. The van der Waals surface area contributed by atoms with Crippen molar-refractivity contribution in [3.05, 3.63) is 54.1 Å². The van der Waals surface area contributed by atoms with Crippen molar-refractivity contribution in [2.75, 3.05) is 24.3 Å². The van der Waals surface area contributed by atoms with Crippen molar-refractivity contribution in [2.24, 2.45) is 0 Å². The Morgan fingerprint density at radius 3 is 2.45 bits per heavy atom. The van der Waals surface area contributed by atoms with E-state index in [1.54, 1.807) is 48.5 Å². The van der Waals surface area contributed by atoms with Crippen LogP contribution in [0.2, 0.25) is 0 Å². The van der Waals surface area contributed by atoms with E-state index in [0.717, 1.165) is 11.3 Å². The summed E-state index contributed by atoms with van der Waals surface area (Å²) in [7, 11) is 1.52. The fourth-order valence-corrected chi connectivity index (χ4v) is 3.20. The molecule has 1 saturated heterocycles. The molecular weight excluding hydrogens is 400 g/mol. The van der Waals surface area contributed by atoms with E-state index in [9.17, 15) is 19.2 Å². The van der Waals surface area contributed by atoms with E-state index in [-0.39, 0.29) is 12.5 Å². The molecule has 5 amide bonds. The minimum Gasteiger partial charge on any atom is -0.495 e. The van der Waals surface area contributed by atoms with E-state index >= 15 is 0 Å². The fraction of sp³-hybridized carbons (Fsp3) is 0.273. The number of nitrogens with one attached hydrogen (secondary N) is 3. The van der Waals surface area contributed by atoms with Crippen molar-refractivity contribution in [3.63, 3.8) is 0 Å². The molecule has 0 bridgehead atoms. The van der Waals surface area contributed by atoms with Gasteiger partial charge in [-0.15, -0.1) is 0 Å². The third-order valence-electron chi connectivity index (χ3n) is 4.77. The first-order chi connectivity index (χ1) is 14.9. The van der Waals surface area contributed by atoms with Crippen LogP contribution in [0, 0.1) is 0 Å². The van der Waals surface area contributed by atoms with Gasteiger partial charge >= 0.3 is 6.03 Å². The third kappa shape index (κ3) is 5.19. The Labute approximate surface area is 179 Å². The van der Waals surface area contributed by atoms with Gasteiger partial charge in [-0.3, -0.25) is 19.3 Å². The molecule has 2 aromatic carbocycles. The Morgan fingerprint density at radius 2 is 1.77 bits per heavy atom. The zero-order chi connectivity index (χ0) is 22.4. The number of carbonyl (C=O) groups is 4. The molecule has 3 rings (SSSR count). The Balaban J connectivity index is 1.58. The summed E-state index contributed by atoms with van der Waals surface area (Å²) in [6, 6.07) is 12.2. The van der Waals surface area contributed by atoms with Gasteiger partial charge in [0.2, 0.25) is 5.91 Å². The van der Waals surface area contributed by atoms with Crippen molar-refractivity contribution < 1.29 is 23.9 Å². The van der Waals surface area contributed by atoms with Gasteiger partial charge < -0.3 is 20.7 Å². The summed E-state index contributed by atoms with van der Waals surface area (Å²) in [6.45, 7) is 1.54. The van der Waals surface area contributed by atoms with Crippen LogP contribution in [0.25, 0.3) is 0 Å². The summed E-state index contributed by atoms with van der Waals surface area (Å²) >= 11 is 0. The van der Waals surface area contributed by atoms with E-state index in [1.165, 1.54) is 7.11 Å². The minimum atomic E-state index is -0.577. The number of nitrogens with zero attached hydrogens (tertiary/aromatic N) is 1. The summed E-state index contributed by atoms with van der Waals surface area (Å²) in [5.41, 5.74) is 1.37. The van der Waals surface area contributed by atoms with Crippen LogP contribution >= 0.6 is 0 Å². The van der Waals surface area contributed by atoms with Crippen LogP contribution in [0.4, 0.5) is 16.2 Å². The van der Waals surface area contributed by atoms with Gasteiger partial charge in [0, 0.05) is 11.3 Å². The quantitative estimate of drug-likeness (QED) is 0.563. The largest absolute Gasteiger partial charge is 0.495 e. The highest BCUT2D eigenvalue weighted by Gasteiger charge is 2.38. The Bertz CT molecular complexity index is 990. The topological polar surface area (TPSA) is 117 Å². The lowest BCUT2D eigenvalue weighted by Crippen LogP contribution is -2.38. The first kappa shape index (κ1) is 21.8. The number of methoxy groups -OCH3 is 1. The second-order valence-corrected chi connectivity index (χ2v) is 7.00. The van der Waals surface area contributed by atoms with Gasteiger partial charge in [0.15, 0.2) is 0 Å². The van der Waals surface area contributed by atoms with E-state index in [0.29, 0.717) is 29.1 Å². The van der Waals surface area contributed by atoms with E-state index in [4.69, 9.17) is 4.74 Å². The van der Waals surface area contributed by atoms with Gasteiger partial charge in [0.25, 0.3) is 11.8 Å². The summed E-state index contributed by atoms with van der Waals surface area (Å²) < 4.78 is 5.22. The smallest absolute Gasteiger partial charge is 0.325 e. The zero-order valence-electron chi connectivity index (χ0n) is 17.3. The number of amides is 5. The summed E-state index contributed by atoms with van der Waals surface area (Å²) in [5, 5.41) is 7.97. The van der Waals surface area contributed by atoms with Crippen LogP contribution in [0.15, 0.2) is 48.5 Å². The van der Waals surface area contributed by atoms with Gasteiger partial charge in [0.1, 0.15) is 18.3 Å². The lowest BCUT2D eigenvalue weighted by atomic mass is 10.1. The molecule has 1 heterocycles. The van der Waals surface area contributed by atoms with E-state index < -0.39 is 23.9 Å². The Morgan fingerprint density at radius 1 is 1.06 bits per heavy atom. The molecule has 0 aliphatic carbocycles. The molecule has 0 aromatic heterocycles. The van der Waals surface area contributed by atoms with Gasteiger partial charge in [-0.25, -0.2) is 4.79 Å². The van der Waals surface area contributed by atoms with Gasteiger partial charge in [0.05, 0.1) is 12.8 Å². The molecular formula is C22H24N4O5. The number of ether oxygens (including phenoxy) is 1. The standard InChI is InChI=1S/C22H24N4O5/c1-3-6-17-21(29)26(22(30)25-17)13-19(27)23-15-11-9-14(10-12-15)20(28)24-16-7-4-5-8-18(16)31-2/h4-5,7-12,17H,3,6,13H2,1-2H3,(H,23,27)(H,24,28)(H,25,30). The molecule has 2 aromatic rings. The molecule has 31 heavy (non-hydrogen) atoms. The number of anilines is 2. The molecule has 3 N–H and O–H groups in total. The summed E-state index contributed by atoms with van der Waals surface area (Å²) in [5.74, 6) is -0.692. The molecule has 9 heteroatoms. The van der Waals surface area contributed by atoms with Crippen molar-refractivity contribution in [1.29, 1.82) is 0 Å². The number of hydrogen-bond acceptors (Lipinski definition) is 5. The molecule has 1 aliphatic heterocycles. The monoisotopic (exact) mass is 424 g/mol. The van der Waals surface area contributed by atoms with Crippen molar-refractivity contribution in [1.82, 2.24) is 10.2 Å². The molecule has 0 saturated carbocycles. The molecule has 162 valence electrons. The van der Waals surface area contributed by atoms with Crippen LogP contribution in [-0.2, 0) is 9.59 Å². The van der Waals surface area contributed by atoms with Gasteiger partial charge in [-0.2, -0.15) is 0 Å². The summed E-state index contributed by atoms with van der Waals surface area (Å²) in [6.07, 6.45) is 1.27. The first-order valence-electron chi connectivity index (χ1n) is 9.89. The molecule has 0 spiro atoms. The average molecular weight is 424 g/mol. The van der Waals surface area contributed by atoms with Crippen LogP contribution in [0.3, 0.4) is 0 Å². The van der Waals surface area contributed by atoms with Crippen molar-refractivity contribution in [2.45, 2.75) is 25.8 Å². The number of benzene rings is 2. The van der Waals surface area contributed by atoms with Crippen molar-refractivity contribution >= 4 is 35.1 Å². The fourth-order valence-electron chi connectivity index (χ4n) is 3.20. The van der Waals surface area contributed by atoms with Gasteiger partial charge in [-0.05, 0) is 42.8 Å². The maximum absolute atomic E-state index is 12.5. The highest BCUT2D eigenvalue weighted by atomic mass is 16.5. The number of rotatable bonds is 8. The molecule has 1 unspecified atom stereocenters. The van der Waals surface area contributed by atoms with Crippen LogP contribution in [0.5, 0.6) is 5.75 Å². The van der Waals surface area contributed by atoms with E-state index in [2.05, 4.69) is 16.0 Å². The second-order valence-electron chi connectivity index (χ2n) is 7.00. The zero-order valence-corrected chi connectivity index (χ0v) is 17.3. The summed E-state index contributed by atoms with van der Waals surface area (Å²) in [4.78, 5) is 49.8. The predicted octanol–water partition coefficient (Wildman–Crippen LogP) is 2.61. The average Bonchev–Trinajstić information content (AvgIpc) is 3.02. The normalized spacial score (nSPS) is 15.4. The predicted molar refractivity (Wildman–Crippen MR) is 115 cm³/mol. The van der Waals surface area contributed by atoms with Crippen LogP contribution in [-0.4, -0.2) is 48.3 Å². The first-order valence-corrected chi connectivity index (χ1v) is 9.89. The van der Waals surface area contributed by atoms with Crippen LogP contribution in [0.1, 0.15) is 30.1 Å². The Hall–Kier alpha value is -3.88. The number of hydrogen-bond donors (Lipinski definition) is 3. The molecule has 1 fully saturated rings. The van der Waals surface area contributed by atoms with Gasteiger partial charge in [-0.1, -0.05) is 25.5 Å². The maximum Gasteiger partial charge on any atom is 0.325 e. The number of carbonyl (C=O) groups excluding carboxylic acids is 4. The van der Waals surface area contributed by atoms with Crippen molar-refractivity contribution in [3.8, 4) is 5.75 Å². The lowest BCUT2D eigenvalue weighted by molar-refractivity contribution is -0.130. The minimum absolute atomic E-state index is 0.330. The highest BCUT2D eigenvalue weighted by Crippen LogP contribution is 2.24. The Kier molecular flexibility index (Phi) is 6.86. The number of urea groups is 1. The molecule has 1 atom stereocenters. The highest BCUT2D eigenvalue weighted by molar-refractivity contribution is 6.08. The SMILES string of the molecule is CCCC1NC(=O)N(CC(=O)Nc2ccc(C(=O)Nc3ccccc3OC)cc2)C1=O. The molecule has 0 radical (unpaired) electrons. The number of para-hydroxylation sites is 2.